The minimum atomic E-state index is -0.0295. The Bertz CT molecular complexity index is 316. The standard InChI is InChI=1S/C7H11BrN4OS/c1-3-12(4-5(13)9-2)7-11-10-6(8)14-7/h3-4H2,1-2H3,(H,9,13). The molecular formula is C7H11BrN4OS. The Labute approximate surface area is 94.6 Å². The third kappa shape index (κ3) is 2.91. The van der Waals surface area contributed by atoms with Crippen molar-refractivity contribution in [3.63, 3.8) is 0 Å². The summed E-state index contributed by atoms with van der Waals surface area (Å²) in [7, 11) is 1.62. The topological polar surface area (TPSA) is 58.1 Å². The summed E-state index contributed by atoms with van der Waals surface area (Å²) in [5.74, 6) is -0.0295. The van der Waals surface area contributed by atoms with Crippen molar-refractivity contribution in [3.8, 4) is 0 Å². The predicted molar refractivity (Wildman–Crippen MR) is 59.6 cm³/mol. The van der Waals surface area contributed by atoms with Crippen molar-refractivity contribution in [2.24, 2.45) is 0 Å². The highest BCUT2D eigenvalue weighted by Crippen LogP contribution is 2.23. The fraction of sp³-hybridized carbons (Fsp3) is 0.571. The first-order chi connectivity index (χ1) is 6.67. The number of aromatic nitrogens is 2. The molecule has 1 rings (SSSR count). The van der Waals surface area contributed by atoms with Crippen LogP contribution in [-0.2, 0) is 4.79 Å². The number of carbonyl (C=O) groups is 1. The Hall–Kier alpha value is -0.690. The Kier molecular flexibility index (Phi) is 4.27. The molecule has 0 aliphatic rings. The number of carbonyl (C=O) groups excluding carboxylic acids is 1. The monoisotopic (exact) mass is 278 g/mol. The molecular weight excluding hydrogens is 268 g/mol. The minimum Gasteiger partial charge on any atom is -0.358 e. The van der Waals surface area contributed by atoms with E-state index < -0.39 is 0 Å². The van der Waals surface area contributed by atoms with Crippen LogP contribution in [0.3, 0.4) is 0 Å². The van der Waals surface area contributed by atoms with Crippen LogP contribution in [0.1, 0.15) is 6.92 Å². The predicted octanol–water partition coefficient (Wildman–Crippen LogP) is 0.873. The number of anilines is 1. The molecule has 78 valence electrons. The lowest BCUT2D eigenvalue weighted by Gasteiger charge is -2.17. The quantitative estimate of drug-likeness (QED) is 0.888. The normalized spacial score (nSPS) is 9.93. The first-order valence-electron chi connectivity index (χ1n) is 4.12. The van der Waals surface area contributed by atoms with Crippen molar-refractivity contribution in [1.29, 1.82) is 0 Å². The maximum absolute atomic E-state index is 11.2. The van der Waals surface area contributed by atoms with E-state index >= 15 is 0 Å². The molecule has 14 heavy (non-hydrogen) atoms. The van der Waals surface area contributed by atoms with Crippen molar-refractivity contribution in [2.45, 2.75) is 6.92 Å². The molecule has 0 saturated heterocycles. The van der Waals surface area contributed by atoms with Crippen LogP contribution in [0.15, 0.2) is 3.92 Å². The molecule has 0 aromatic carbocycles. The number of rotatable bonds is 4. The van der Waals surface area contributed by atoms with Crippen molar-refractivity contribution in [1.82, 2.24) is 15.5 Å². The number of likely N-dealkylation sites (N-methyl/N-ethyl adjacent to an activating group) is 2. The van der Waals surface area contributed by atoms with Gasteiger partial charge in [-0.2, -0.15) is 0 Å². The lowest BCUT2D eigenvalue weighted by molar-refractivity contribution is -0.119. The second-order valence-corrected chi connectivity index (χ2v) is 4.76. The third-order valence-electron chi connectivity index (χ3n) is 1.66. The van der Waals surface area contributed by atoms with Crippen molar-refractivity contribution < 1.29 is 4.79 Å². The van der Waals surface area contributed by atoms with Crippen LogP contribution in [0.4, 0.5) is 5.13 Å². The number of amides is 1. The summed E-state index contributed by atoms with van der Waals surface area (Å²) in [6.07, 6.45) is 0. The highest BCUT2D eigenvalue weighted by molar-refractivity contribution is 9.11. The number of hydrogen-bond donors (Lipinski definition) is 1. The van der Waals surface area contributed by atoms with Crippen LogP contribution in [0, 0.1) is 0 Å². The average molecular weight is 279 g/mol. The van der Waals surface area contributed by atoms with Gasteiger partial charge in [-0.05, 0) is 22.9 Å². The minimum absolute atomic E-state index is 0.0295. The van der Waals surface area contributed by atoms with Gasteiger partial charge >= 0.3 is 0 Å². The molecule has 1 N–H and O–H groups in total. The molecule has 7 heteroatoms. The molecule has 0 atom stereocenters. The molecule has 0 spiro atoms. The Morgan fingerprint density at radius 2 is 2.36 bits per heavy atom. The number of nitrogens with one attached hydrogen (secondary N) is 1. The van der Waals surface area contributed by atoms with Crippen molar-refractivity contribution in [2.75, 3.05) is 25.0 Å². The van der Waals surface area contributed by atoms with Gasteiger partial charge in [-0.1, -0.05) is 11.3 Å². The Balaban J connectivity index is 2.67. The van der Waals surface area contributed by atoms with E-state index in [0.717, 1.165) is 15.6 Å². The molecule has 0 saturated carbocycles. The molecule has 0 aliphatic carbocycles. The number of nitrogens with zero attached hydrogens (tertiary/aromatic N) is 3. The number of halogens is 1. The maximum atomic E-state index is 11.2. The van der Waals surface area contributed by atoms with Crippen LogP contribution < -0.4 is 10.2 Å². The van der Waals surface area contributed by atoms with Gasteiger partial charge in [-0.25, -0.2) is 0 Å². The smallest absolute Gasteiger partial charge is 0.239 e. The summed E-state index contributed by atoms with van der Waals surface area (Å²) in [5.41, 5.74) is 0. The summed E-state index contributed by atoms with van der Waals surface area (Å²) in [6, 6.07) is 0. The summed E-state index contributed by atoms with van der Waals surface area (Å²) in [4.78, 5) is 13.0. The molecule has 5 nitrogen and oxygen atoms in total. The van der Waals surface area contributed by atoms with Gasteiger partial charge in [0.25, 0.3) is 0 Å². The van der Waals surface area contributed by atoms with E-state index in [9.17, 15) is 4.79 Å². The van der Waals surface area contributed by atoms with E-state index in [2.05, 4.69) is 31.4 Å². The lowest BCUT2D eigenvalue weighted by Crippen LogP contribution is -2.35. The number of hydrogen-bond acceptors (Lipinski definition) is 5. The first kappa shape index (κ1) is 11.4. The summed E-state index contributed by atoms with van der Waals surface area (Å²) in [5, 5.41) is 11.1. The lowest BCUT2D eigenvalue weighted by atomic mass is 10.5. The molecule has 1 heterocycles. The molecule has 0 unspecified atom stereocenters. The maximum Gasteiger partial charge on any atom is 0.239 e. The highest BCUT2D eigenvalue weighted by Gasteiger charge is 2.12. The summed E-state index contributed by atoms with van der Waals surface area (Å²) < 4.78 is 0.725. The van der Waals surface area contributed by atoms with E-state index in [1.165, 1.54) is 11.3 Å². The van der Waals surface area contributed by atoms with Crippen LogP contribution in [0.25, 0.3) is 0 Å². The van der Waals surface area contributed by atoms with Gasteiger partial charge in [-0.3, -0.25) is 4.79 Å². The molecule has 0 radical (unpaired) electrons. The SMILES string of the molecule is CCN(CC(=O)NC)c1nnc(Br)s1. The zero-order valence-electron chi connectivity index (χ0n) is 7.95. The Morgan fingerprint density at radius 1 is 1.64 bits per heavy atom. The zero-order chi connectivity index (χ0) is 10.6. The van der Waals surface area contributed by atoms with Gasteiger partial charge in [0.15, 0.2) is 3.92 Å². The van der Waals surface area contributed by atoms with E-state index in [-0.39, 0.29) is 5.91 Å². The van der Waals surface area contributed by atoms with E-state index in [4.69, 9.17) is 0 Å². The van der Waals surface area contributed by atoms with Crippen LogP contribution in [0.2, 0.25) is 0 Å². The first-order valence-corrected chi connectivity index (χ1v) is 5.72. The van der Waals surface area contributed by atoms with Gasteiger partial charge in [0.2, 0.25) is 11.0 Å². The largest absolute Gasteiger partial charge is 0.358 e. The summed E-state index contributed by atoms with van der Waals surface area (Å²) in [6.45, 7) is 3.02. The van der Waals surface area contributed by atoms with Gasteiger partial charge < -0.3 is 10.2 Å². The summed E-state index contributed by atoms with van der Waals surface area (Å²) >= 11 is 4.64. The average Bonchev–Trinajstić information content (AvgIpc) is 2.60. The Morgan fingerprint density at radius 3 is 2.79 bits per heavy atom. The second kappa shape index (κ2) is 5.26. The van der Waals surface area contributed by atoms with E-state index in [0.29, 0.717) is 6.54 Å². The van der Waals surface area contributed by atoms with Crippen molar-refractivity contribution >= 4 is 38.3 Å². The van der Waals surface area contributed by atoms with Gasteiger partial charge in [0.05, 0.1) is 6.54 Å². The second-order valence-electron chi connectivity index (χ2n) is 2.52. The molecule has 1 amide bonds. The van der Waals surface area contributed by atoms with Gasteiger partial charge in [-0.15, -0.1) is 10.2 Å². The van der Waals surface area contributed by atoms with E-state index in [1.54, 1.807) is 7.05 Å². The zero-order valence-corrected chi connectivity index (χ0v) is 10.4. The van der Waals surface area contributed by atoms with Gasteiger partial charge in [0, 0.05) is 13.6 Å². The third-order valence-corrected chi connectivity index (χ3v) is 3.07. The fourth-order valence-electron chi connectivity index (χ4n) is 0.893. The fourth-order valence-corrected chi connectivity index (χ4v) is 2.04. The van der Waals surface area contributed by atoms with Crippen molar-refractivity contribution in [3.05, 3.63) is 3.92 Å². The molecule has 0 aliphatic heterocycles. The van der Waals surface area contributed by atoms with Crippen LogP contribution >= 0.6 is 27.3 Å². The molecule has 1 aromatic rings. The molecule has 0 bridgehead atoms. The highest BCUT2D eigenvalue weighted by atomic mass is 79.9. The van der Waals surface area contributed by atoms with Crippen LogP contribution in [0.5, 0.6) is 0 Å². The molecule has 1 aromatic heterocycles. The van der Waals surface area contributed by atoms with Crippen LogP contribution in [-0.4, -0.2) is 36.2 Å². The molecule has 0 fully saturated rings. The van der Waals surface area contributed by atoms with Gasteiger partial charge in [0.1, 0.15) is 0 Å². The van der Waals surface area contributed by atoms with E-state index in [1.807, 2.05) is 11.8 Å².